The lowest BCUT2D eigenvalue weighted by Gasteiger charge is -2.25. The average molecular weight is 290 g/mol. The van der Waals surface area contributed by atoms with E-state index in [1.807, 2.05) is 18.0 Å². The molecule has 0 atom stereocenters. The summed E-state index contributed by atoms with van der Waals surface area (Å²) in [5.74, 6) is 0.244. The van der Waals surface area contributed by atoms with Gasteiger partial charge in [0, 0.05) is 20.0 Å². The number of carbonyl (C=O) groups is 1. The zero-order chi connectivity index (χ0) is 15.7. The van der Waals surface area contributed by atoms with E-state index in [0.717, 1.165) is 32.2 Å². The van der Waals surface area contributed by atoms with Gasteiger partial charge in [-0.05, 0) is 43.2 Å². The van der Waals surface area contributed by atoms with Crippen LogP contribution in [-0.4, -0.2) is 30.9 Å². The van der Waals surface area contributed by atoms with Crippen LogP contribution in [0.1, 0.15) is 45.1 Å². The molecule has 1 aromatic carbocycles. The van der Waals surface area contributed by atoms with Gasteiger partial charge in [0.15, 0.2) is 0 Å². The van der Waals surface area contributed by atoms with Crippen molar-refractivity contribution < 1.29 is 4.79 Å². The summed E-state index contributed by atoms with van der Waals surface area (Å²) in [7, 11) is 1.91. The first kappa shape index (κ1) is 17.7. The Hall–Kier alpha value is -1.35. The Morgan fingerprint density at radius 3 is 2.48 bits per heavy atom. The molecule has 0 fully saturated rings. The highest BCUT2D eigenvalue weighted by molar-refractivity contribution is 5.75. The first-order chi connectivity index (χ1) is 9.94. The van der Waals surface area contributed by atoms with Gasteiger partial charge >= 0.3 is 0 Å². The van der Waals surface area contributed by atoms with Gasteiger partial charge in [-0.3, -0.25) is 4.79 Å². The Balaban J connectivity index is 2.25. The van der Waals surface area contributed by atoms with Crippen molar-refractivity contribution in [1.29, 1.82) is 0 Å². The first-order valence-corrected chi connectivity index (χ1v) is 7.92. The van der Waals surface area contributed by atoms with E-state index in [1.54, 1.807) is 0 Å². The standard InChI is InChI=1S/C18H30N2O/c1-18(2,13-14-19)12-11-17(21)20(3)15-7-10-16-8-5-4-6-9-16/h4-6,8-9H,7,10-15,19H2,1-3H3. The molecule has 0 bridgehead atoms. The van der Waals surface area contributed by atoms with Crippen LogP contribution in [0.2, 0.25) is 0 Å². The van der Waals surface area contributed by atoms with E-state index < -0.39 is 0 Å². The summed E-state index contributed by atoms with van der Waals surface area (Å²) in [4.78, 5) is 14.0. The molecule has 0 saturated carbocycles. The maximum Gasteiger partial charge on any atom is 0.222 e. The first-order valence-electron chi connectivity index (χ1n) is 7.92. The van der Waals surface area contributed by atoms with Gasteiger partial charge < -0.3 is 10.6 Å². The van der Waals surface area contributed by atoms with Gasteiger partial charge in [0.1, 0.15) is 0 Å². The molecule has 0 unspecified atom stereocenters. The average Bonchev–Trinajstić information content (AvgIpc) is 2.46. The van der Waals surface area contributed by atoms with Crippen molar-refractivity contribution in [3.05, 3.63) is 35.9 Å². The molecule has 2 N–H and O–H groups in total. The summed E-state index contributed by atoms with van der Waals surface area (Å²) < 4.78 is 0. The van der Waals surface area contributed by atoms with Crippen LogP contribution >= 0.6 is 0 Å². The Morgan fingerprint density at radius 1 is 1.19 bits per heavy atom. The molecule has 1 amide bonds. The molecule has 1 aromatic rings. The second-order valence-corrected chi connectivity index (χ2v) is 6.61. The molecule has 0 saturated heterocycles. The number of hydrogen-bond donors (Lipinski definition) is 1. The third-order valence-corrected chi connectivity index (χ3v) is 4.06. The van der Waals surface area contributed by atoms with E-state index in [2.05, 4.69) is 38.1 Å². The highest BCUT2D eigenvalue weighted by atomic mass is 16.2. The smallest absolute Gasteiger partial charge is 0.222 e. The minimum absolute atomic E-state index is 0.162. The van der Waals surface area contributed by atoms with Gasteiger partial charge in [0.25, 0.3) is 0 Å². The summed E-state index contributed by atoms with van der Waals surface area (Å²) in [6.07, 6.45) is 4.54. The third-order valence-electron chi connectivity index (χ3n) is 4.06. The van der Waals surface area contributed by atoms with Crippen molar-refractivity contribution in [2.45, 2.75) is 46.0 Å². The lowest BCUT2D eigenvalue weighted by Crippen LogP contribution is -2.29. The molecule has 0 spiro atoms. The SMILES string of the molecule is CN(CCCc1ccccc1)C(=O)CCC(C)(C)CCN. The number of aryl methyl sites for hydroxylation is 1. The highest BCUT2D eigenvalue weighted by Gasteiger charge is 2.19. The van der Waals surface area contributed by atoms with Crippen molar-refractivity contribution in [2.24, 2.45) is 11.1 Å². The summed E-state index contributed by atoms with van der Waals surface area (Å²) in [5.41, 5.74) is 7.10. The fraction of sp³-hybridized carbons (Fsp3) is 0.611. The van der Waals surface area contributed by atoms with Gasteiger partial charge in [-0.1, -0.05) is 44.2 Å². The Morgan fingerprint density at radius 2 is 1.86 bits per heavy atom. The predicted molar refractivity (Wildman–Crippen MR) is 89.1 cm³/mol. The normalized spacial score (nSPS) is 11.4. The third kappa shape index (κ3) is 7.28. The zero-order valence-electron chi connectivity index (χ0n) is 13.8. The molecule has 0 radical (unpaired) electrons. The number of amides is 1. The Labute approximate surface area is 129 Å². The van der Waals surface area contributed by atoms with Crippen LogP contribution < -0.4 is 5.73 Å². The molecule has 21 heavy (non-hydrogen) atoms. The van der Waals surface area contributed by atoms with Crippen LogP contribution in [0.4, 0.5) is 0 Å². The number of hydrogen-bond acceptors (Lipinski definition) is 2. The van der Waals surface area contributed by atoms with Crippen molar-refractivity contribution >= 4 is 5.91 Å². The monoisotopic (exact) mass is 290 g/mol. The fourth-order valence-electron chi connectivity index (χ4n) is 2.44. The summed E-state index contributed by atoms with van der Waals surface area (Å²) in [6, 6.07) is 10.4. The van der Waals surface area contributed by atoms with E-state index in [-0.39, 0.29) is 11.3 Å². The lowest BCUT2D eigenvalue weighted by atomic mass is 9.84. The summed E-state index contributed by atoms with van der Waals surface area (Å²) >= 11 is 0. The number of rotatable bonds is 9. The Bertz CT molecular complexity index is 414. The van der Waals surface area contributed by atoms with Gasteiger partial charge in [0.05, 0.1) is 0 Å². The minimum atomic E-state index is 0.162. The summed E-state index contributed by atoms with van der Waals surface area (Å²) in [6.45, 7) is 5.88. The largest absolute Gasteiger partial charge is 0.346 e. The molecule has 0 aromatic heterocycles. The van der Waals surface area contributed by atoms with Gasteiger partial charge in [-0.15, -0.1) is 0 Å². The molecule has 3 nitrogen and oxygen atoms in total. The van der Waals surface area contributed by atoms with Crippen molar-refractivity contribution in [3.63, 3.8) is 0 Å². The van der Waals surface area contributed by atoms with Gasteiger partial charge in [0.2, 0.25) is 5.91 Å². The molecular formula is C18H30N2O. The maximum absolute atomic E-state index is 12.1. The second-order valence-electron chi connectivity index (χ2n) is 6.61. The molecule has 1 rings (SSSR count). The minimum Gasteiger partial charge on any atom is -0.346 e. The van der Waals surface area contributed by atoms with E-state index >= 15 is 0 Å². The Kier molecular flexibility index (Phi) is 7.44. The van der Waals surface area contributed by atoms with Crippen LogP contribution in [0, 0.1) is 5.41 Å². The number of nitrogens with zero attached hydrogens (tertiary/aromatic N) is 1. The van der Waals surface area contributed by atoms with Crippen LogP contribution in [-0.2, 0) is 11.2 Å². The van der Waals surface area contributed by atoms with Crippen LogP contribution in [0.25, 0.3) is 0 Å². The topological polar surface area (TPSA) is 46.3 Å². The van der Waals surface area contributed by atoms with Crippen LogP contribution in [0.5, 0.6) is 0 Å². The number of benzene rings is 1. The molecular weight excluding hydrogens is 260 g/mol. The van der Waals surface area contributed by atoms with Crippen LogP contribution in [0.3, 0.4) is 0 Å². The predicted octanol–water partition coefficient (Wildman–Crippen LogP) is 3.23. The van der Waals surface area contributed by atoms with E-state index in [0.29, 0.717) is 13.0 Å². The summed E-state index contributed by atoms with van der Waals surface area (Å²) in [5, 5.41) is 0. The molecule has 0 heterocycles. The molecule has 118 valence electrons. The van der Waals surface area contributed by atoms with Crippen molar-refractivity contribution in [1.82, 2.24) is 4.90 Å². The van der Waals surface area contributed by atoms with Crippen LogP contribution in [0.15, 0.2) is 30.3 Å². The van der Waals surface area contributed by atoms with Crippen molar-refractivity contribution in [2.75, 3.05) is 20.1 Å². The molecule has 3 heteroatoms. The molecule has 0 aliphatic carbocycles. The molecule has 0 aliphatic rings. The second kappa shape index (κ2) is 8.83. The van der Waals surface area contributed by atoms with E-state index in [1.165, 1.54) is 5.56 Å². The fourth-order valence-corrected chi connectivity index (χ4v) is 2.44. The van der Waals surface area contributed by atoms with E-state index in [4.69, 9.17) is 5.73 Å². The highest BCUT2D eigenvalue weighted by Crippen LogP contribution is 2.26. The van der Waals surface area contributed by atoms with Gasteiger partial charge in [-0.2, -0.15) is 0 Å². The van der Waals surface area contributed by atoms with Gasteiger partial charge in [-0.25, -0.2) is 0 Å². The molecule has 0 aliphatic heterocycles. The zero-order valence-corrected chi connectivity index (χ0v) is 13.8. The lowest BCUT2D eigenvalue weighted by molar-refractivity contribution is -0.130. The number of carbonyl (C=O) groups excluding carboxylic acids is 1. The quantitative estimate of drug-likeness (QED) is 0.759. The van der Waals surface area contributed by atoms with Crippen molar-refractivity contribution in [3.8, 4) is 0 Å². The van der Waals surface area contributed by atoms with E-state index in [9.17, 15) is 4.79 Å². The maximum atomic E-state index is 12.1. The number of nitrogens with two attached hydrogens (primary N) is 1.